The first-order valence-electron chi connectivity index (χ1n) is 6.41. The van der Waals surface area contributed by atoms with Gasteiger partial charge in [-0.1, -0.05) is 22.9 Å². The van der Waals surface area contributed by atoms with Gasteiger partial charge in [-0.2, -0.15) is 0 Å². The van der Waals surface area contributed by atoms with Gasteiger partial charge in [-0.25, -0.2) is 0 Å². The van der Waals surface area contributed by atoms with Gasteiger partial charge in [0, 0.05) is 15.1 Å². The van der Waals surface area contributed by atoms with Crippen molar-refractivity contribution in [1.29, 1.82) is 0 Å². The topological polar surface area (TPSA) is 55.1 Å². The van der Waals surface area contributed by atoms with E-state index in [1.54, 1.807) is 11.8 Å². The number of rotatable bonds is 8. The van der Waals surface area contributed by atoms with E-state index in [1.807, 2.05) is 19.1 Å². The van der Waals surface area contributed by atoms with Crippen molar-refractivity contribution >= 4 is 33.6 Å². The van der Waals surface area contributed by atoms with Crippen molar-refractivity contribution < 1.29 is 4.79 Å². The van der Waals surface area contributed by atoms with Gasteiger partial charge in [0.2, 0.25) is 5.91 Å². The standard InChI is InChI=1S/C14H21BrN2OS/c1-3-9-17-14(2,13(16)18)8-10-19-12-6-4-11(15)5-7-12/h4-7,17H,3,8-10H2,1-2H3,(H2,16,18). The fourth-order valence-corrected chi connectivity index (χ4v) is 2.94. The summed E-state index contributed by atoms with van der Waals surface area (Å²) in [6, 6.07) is 8.17. The molecule has 1 aromatic carbocycles. The van der Waals surface area contributed by atoms with E-state index in [2.05, 4.69) is 40.3 Å². The van der Waals surface area contributed by atoms with Gasteiger partial charge in [0.25, 0.3) is 0 Å². The van der Waals surface area contributed by atoms with E-state index in [-0.39, 0.29) is 5.91 Å². The maximum atomic E-state index is 11.6. The molecule has 0 aliphatic heterocycles. The van der Waals surface area contributed by atoms with E-state index >= 15 is 0 Å². The minimum absolute atomic E-state index is 0.280. The Balaban J connectivity index is 2.48. The van der Waals surface area contributed by atoms with Crippen LogP contribution in [0.15, 0.2) is 33.6 Å². The van der Waals surface area contributed by atoms with Gasteiger partial charge < -0.3 is 11.1 Å². The number of hydrogen-bond acceptors (Lipinski definition) is 3. The largest absolute Gasteiger partial charge is 0.368 e. The highest BCUT2D eigenvalue weighted by Gasteiger charge is 2.29. The van der Waals surface area contributed by atoms with E-state index < -0.39 is 5.54 Å². The molecule has 1 unspecified atom stereocenters. The zero-order chi connectivity index (χ0) is 14.3. The van der Waals surface area contributed by atoms with E-state index in [4.69, 9.17) is 5.73 Å². The minimum Gasteiger partial charge on any atom is -0.368 e. The zero-order valence-electron chi connectivity index (χ0n) is 11.4. The number of primary amides is 1. The highest BCUT2D eigenvalue weighted by atomic mass is 79.9. The van der Waals surface area contributed by atoms with Crippen LogP contribution in [0.4, 0.5) is 0 Å². The summed E-state index contributed by atoms with van der Waals surface area (Å²) in [6.45, 7) is 4.76. The van der Waals surface area contributed by atoms with Crippen LogP contribution in [-0.2, 0) is 4.79 Å². The van der Waals surface area contributed by atoms with Crippen molar-refractivity contribution in [3.8, 4) is 0 Å². The Hall–Kier alpha value is -0.520. The first kappa shape index (κ1) is 16.5. The number of carbonyl (C=O) groups is 1. The third kappa shape index (κ3) is 5.55. The molecule has 0 heterocycles. The molecule has 19 heavy (non-hydrogen) atoms. The summed E-state index contributed by atoms with van der Waals surface area (Å²) in [4.78, 5) is 12.8. The molecule has 1 atom stereocenters. The number of thioether (sulfide) groups is 1. The molecule has 106 valence electrons. The fraction of sp³-hybridized carbons (Fsp3) is 0.500. The molecule has 1 rings (SSSR count). The molecule has 0 radical (unpaired) electrons. The van der Waals surface area contributed by atoms with Crippen LogP contribution in [0.2, 0.25) is 0 Å². The number of carbonyl (C=O) groups excluding carboxylic acids is 1. The maximum absolute atomic E-state index is 11.6. The summed E-state index contributed by atoms with van der Waals surface area (Å²) in [5.41, 5.74) is 4.88. The first-order valence-corrected chi connectivity index (χ1v) is 8.19. The summed E-state index contributed by atoms with van der Waals surface area (Å²) >= 11 is 5.15. The predicted molar refractivity (Wildman–Crippen MR) is 85.4 cm³/mol. The van der Waals surface area contributed by atoms with Crippen LogP contribution in [0, 0.1) is 0 Å². The van der Waals surface area contributed by atoms with Crippen molar-refractivity contribution in [2.45, 2.75) is 37.1 Å². The highest BCUT2D eigenvalue weighted by molar-refractivity contribution is 9.10. The lowest BCUT2D eigenvalue weighted by Gasteiger charge is -2.27. The Morgan fingerprint density at radius 3 is 2.58 bits per heavy atom. The molecule has 0 fully saturated rings. The van der Waals surface area contributed by atoms with Gasteiger partial charge in [-0.3, -0.25) is 4.79 Å². The smallest absolute Gasteiger partial charge is 0.237 e. The van der Waals surface area contributed by atoms with Crippen LogP contribution in [0.1, 0.15) is 26.7 Å². The molecule has 0 aromatic heterocycles. The Morgan fingerprint density at radius 1 is 1.42 bits per heavy atom. The average molecular weight is 345 g/mol. The summed E-state index contributed by atoms with van der Waals surface area (Å²) in [7, 11) is 0. The molecule has 5 heteroatoms. The molecule has 3 nitrogen and oxygen atoms in total. The second-order valence-corrected chi connectivity index (χ2v) is 6.76. The lowest BCUT2D eigenvalue weighted by atomic mass is 9.98. The molecule has 0 spiro atoms. The van der Waals surface area contributed by atoms with E-state index in [0.29, 0.717) is 0 Å². The number of benzene rings is 1. The average Bonchev–Trinajstić information content (AvgIpc) is 2.38. The zero-order valence-corrected chi connectivity index (χ0v) is 13.8. The van der Waals surface area contributed by atoms with Crippen LogP contribution in [0.3, 0.4) is 0 Å². The molecule has 0 bridgehead atoms. The van der Waals surface area contributed by atoms with E-state index in [9.17, 15) is 4.79 Å². The summed E-state index contributed by atoms with van der Waals surface area (Å²) in [6.07, 6.45) is 1.71. The third-order valence-electron chi connectivity index (χ3n) is 2.99. The number of hydrogen-bond donors (Lipinski definition) is 2. The summed E-state index contributed by atoms with van der Waals surface area (Å²) in [5.74, 6) is 0.579. The second-order valence-electron chi connectivity index (χ2n) is 4.68. The van der Waals surface area contributed by atoms with Crippen molar-refractivity contribution in [2.75, 3.05) is 12.3 Å². The number of nitrogens with two attached hydrogens (primary N) is 1. The molecule has 0 saturated carbocycles. The van der Waals surface area contributed by atoms with Gasteiger partial charge in [-0.05, 0) is 50.6 Å². The molecule has 3 N–H and O–H groups in total. The lowest BCUT2D eigenvalue weighted by Crippen LogP contribution is -2.53. The third-order valence-corrected chi connectivity index (χ3v) is 4.54. The van der Waals surface area contributed by atoms with Crippen molar-refractivity contribution in [2.24, 2.45) is 5.73 Å². The van der Waals surface area contributed by atoms with Gasteiger partial charge in [0.1, 0.15) is 0 Å². The Labute approximate surface area is 127 Å². The Bertz CT molecular complexity index is 410. The maximum Gasteiger partial charge on any atom is 0.237 e. The van der Waals surface area contributed by atoms with Crippen molar-refractivity contribution in [1.82, 2.24) is 5.32 Å². The number of halogens is 1. The van der Waals surface area contributed by atoms with Crippen molar-refractivity contribution in [3.05, 3.63) is 28.7 Å². The van der Waals surface area contributed by atoms with E-state index in [1.165, 1.54) is 4.90 Å². The van der Waals surface area contributed by atoms with Crippen LogP contribution in [0.25, 0.3) is 0 Å². The lowest BCUT2D eigenvalue weighted by molar-refractivity contribution is -0.123. The number of amides is 1. The van der Waals surface area contributed by atoms with E-state index in [0.717, 1.165) is 29.6 Å². The predicted octanol–water partition coefficient (Wildman–Crippen LogP) is 3.17. The highest BCUT2D eigenvalue weighted by Crippen LogP contribution is 2.23. The van der Waals surface area contributed by atoms with Gasteiger partial charge in [-0.15, -0.1) is 11.8 Å². The van der Waals surface area contributed by atoms with Crippen molar-refractivity contribution in [3.63, 3.8) is 0 Å². The quantitative estimate of drug-likeness (QED) is 0.712. The Kier molecular flexibility index (Phi) is 6.89. The summed E-state index contributed by atoms with van der Waals surface area (Å²) < 4.78 is 1.07. The molecule has 0 saturated heterocycles. The van der Waals surface area contributed by atoms with Gasteiger partial charge in [0.05, 0.1) is 5.54 Å². The molecule has 1 aromatic rings. The molecule has 0 aliphatic carbocycles. The van der Waals surface area contributed by atoms with Gasteiger partial charge >= 0.3 is 0 Å². The van der Waals surface area contributed by atoms with Crippen LogP contribution < -0.4 is 11.1 Å². The Morgan fingerprint density at radius 2 is 2.05 bits per heavy atom. The second kappa shape index (κ2) is 7.92. The molecular weight excluding hydrogens is 324 g/mol. The number of nitrogens with one attached hydrogen (secondary N) is 1. The minimum atomic E-state index is -0.613. The van der Waals surface area contributed by atoms with Crippen LogP contribution in [-0.4, -0.2) is 23.7 Å². The van der Waals surface area contributed by atoms with Crippen LogP contribution in [0.5, 0.6) is 0 Å². The van der Waals surface area contributed by atoms with Crippen LogP contribution >= 0.6 is 27.7 Å². The van der Waals surface area contributed by atoms with Gasteiger partial charge in [0.15, 0.2) is 0 Å². The fourth-order valence-electron chi connectivity index (χ4n) is 1.60. The molecular formula is C14H21BrN2OS. The SMILES string of the molecule is CCCNC(C)(CCSc1ccc(Br)cc1)C(N)=O. The normalized spacial score (nSPS) is 14.1. The molecule has 0 aliphatic rings. The summed E-state index contributed by atoms with van der Waals surface area (Å²) in [5, 5.41) is 3.25. The monoisotopic (exact) mass is 344 g/mol. The first-order chi connectivity index (χ1) is 8.98. The molecule has 1 amide bonds.